The third kappa shape index (κ3) is 5.40. The highest BCUT2D eigenvalue weighted by Gasteiger charge is 2.27. The van der Waals surface area contributed by atoms with E-state index in [1.54, 1.807) is 19.2 Å². The molecule has 2 atom stereocenters. The first kappa shape index (κ1) is 26.1. The molecule has 36 heavy (non-hydrogen) atoms. The van der Waals surface area contributed by atoms with Crippen LogP contribution in [0.15, 0.2) is 35.4 Å². The van der Waals surface area contributed by atoms with E-state index in [9.17, 15) is 19.1 Å². The van der Waals surface area contributed by atoms with Crippen molar-refractivity contribution in [1.29, 1.82) is 0 Å². The monoisotopic (exact) mass is 496 g/mol. The van der Waals surface area contributed by atoms with Gasteiger partial charge in [0.1, 0.15) is 5.82 Å². The Hall–Kier alpha value is -2.94. The number of rotatable bonds is 9. The summed E-state index contributed by atoms with van der Waals surface area (Å²) < 4.78 is 26.6. The number of unbranched alkanes of at least 4 members (excludes halogenated alkanes) is 1. The lowest BCUT2D eigenvalue weighted by atomic mass is 9.93. The van der Waals surface area contributed by atoms with Gasteiger partial charge >= 0.3 is 0 Å². The predicted octanol–water partition coefficient (Wildman–Crippen LogP) is 4.06. The van der Waals surface area contributed by atoms with E-state index < -0.39 is 11.9 Å². The molecule has 1 aliphatic rings. The maximum atomic E-state index is 14.8. The summed E-state index contributed by atoms with van der Waals surface area (Å²) >= 11 is 0. The molecule has 1 fully saturated rings. The van der Waals surface area contributed by atoms with E-state index in [2.05, 4.69) is 4.98 Å². The molecule has 3 aromatic rings. The van der Waals surface area contributed by atoms with E-state index in [0.29, 0.717) is 48.9 Å². The number of ether oxygens (including phenoxy) is 2. The Morgan fingerprint density at radius 3 is 2.78 bits per heavy atom. The molecule has 7 nitrogen and oxygen atoms in total. The lowest BCUT2D eigenvalue weighted by Crippen LogP contribution is -2.39. The second kappa shape index (κ2) is 11.4. The Balaban J connectivity index is 1.62. The fourth-order valence-corrected chi connectivity index (χ4v) is 4.85. The molecule has 1 saturated heterocycles. The molecule has 0 spiro atoms. The third-order valence-corrected chi connectivity index (χ3v) is 7.13. The van der Waals surface area contributed by atoms with Crippen molar-refractivity contribution in [2.75, 3.05) is 26.9 Å². The highest BCUT2D eigenvalue weighted by Crippen LogP contribution is 2.26. The van der Waals surface area contributed by atoms with Crippen LogP contribution in [0, 0.1) is 19.7 Å². The summed E-state index contributed by atoms with van der Waals surface area (Å²) in [6.45, 7) is 5.13. The number of aliphatic hydroxyl groups is 1. The first-order chi connectivity index (χ1) is 17.3. The molecule has 4 rings (SSSR count). The van der Waals surface area contributed by atoms with Gasteiger partial charge in [-0.2, -0.15) is 0 Å². The largest absolute Gasteiger partial charge is 0.389 e. The van der Waals surface area contributed by atoms with Gasteiger partial charge in [-0.25, -0.2) is 9.37 Å². The van der Waals surface area contributed by atoms with Crippen LogP contribution in [0.1, 0.15) is 64.3 Å². The SMILES string of the molecule is COCCCCC(=O)c1ccc(Cc2cc3c(=O)n([C@H]4CCOC[C@@H]4O)cnc3c(C)c2C)cc1F. The zero-order valence-electron chi connectivity index (χ0n) is 21.1. The van der Waals surface area contributed by atoms with Gasteiger partial charge in [-0.15, -0.1) is 0 Å². The van der Waals surface area contributed by atoms with Crippen LogP contribution >= 0.6 is 0 Å². The number of hydrogen-bond donors (Lipinski definition) is 1. The molecule has 0 aliphatic carbocycles. The first-order valence-electron chi connectivity index (χ1n) is 12.4. The average Bonchev–Trinajstić information content (AvgIpc) is 2.86. The van der Waals surface area contributed by atoms with Crippen molar-refractivity contribution >= 4 is 16.7 Å². The maximum Gasteiger partial charge on any atom is 0.261 e. The van der Waals surface area contributed by atoms with Crippen molar-refractivity contribution in [3.8, 4) is 0 Å². The first-order valence-corrected chi connectivity index (χ1v) is 12.4. The van der Waals surface area contributed by atoms with Crippen LogP contribution in [0.5, 0.6) is 0 Å². The number of Topliss-reactive ketones (excluding diaryl/α,β-unsaturated/α-hetero) is 1. The molecule has 2 heterocycles. The van der Waals surface area contributed by atoms with Crippen LogP contribution < -0.4 is 5.56 Å². The van der Waals surface area contributed by atoms with Gasteiger partial charge in [-0.3, -0.25) is 14.2 Å². The molecule has 0 unspecified atom stereocenters. The van der Waals surface area contributed by atoms with E-state index in [-0.39, 0.29) is 36.0 Å². The average molecular weight is 497 g/mol. The number of carbonyl (C=O) groups is 1. The van der Waals surface area contributed by atoms with Gasteiger partial charge in [0, 0.05) is 26.7 Å². The van der Waals surface area contributed by atoms with Crippen molar-refractivity contribution in [2.24, 2.45) is 0 Å². The molecular weight excluding hydrogens is 463 g/mol. The molecule has 192 valence electrons. The number of methoxy groups -OCH3 is 1. The van der Waals surface area contributed by atoms with Crippen LogP contribution in [0.25, 0.3) is 10.9 Å². The molecule has 2 aromatic carbocycles. The molecule has 1 aromatic heterocycles. The van der Waals surface area contributed by atoms with Crippen LogP contribution in [-0.2, 0) is 15.9 Å². The van der Waals surface area contributed by atoms with Gasteiger partial charge in [0.05, 0.1) is 41.5 Å². The number of hydrogen-bond acceptors (Lipinski definition) is 6. The third-order valence-electron chi connectivity index (χ3n) is 7.13. The fourth-order valence-electron chi connectivity index (χ4n) is 4.85. The summed E-state index contributed by atoms with van der Waals surface area (Å²) in [6, 6.07) is 6.16. The van der Waals surface area contributed by atoms with E-state index in [4.69, 9.17) is 9.47 Å². The topological polar surface area (TPSA) is 90.7 Å². The number of benzene rings is 2. The van der Waals surface area contributed by atoms with Crippen LogP contribution in [-0.4, -0.2) is 53.5 Å². The summed E-state index contributed by atoms with van der Waals surface area (Å²) in [5, 5.41) is 10.8. The van der Waals surface area contributed by atoms with E-state index >= 15 is 0 Å². The Morgan fingerprint density at radius 2 is 2.06 bits per heavy atom. The van der Waals surface area contributed by atoms with Gasteiger partial charge in [-0.05, 0) is 80.0 Å². The normalized spacial score (nSPS) is 18.0. The number of carbonyl (C=O) groups excluding carboxylic acids is 1. The Labute approximate surface area is 209 Å². The van der Waals surface area contributed by atoms with Gasteiger partial charge in [0.15, 0.2) is 5.78 Å². The molecule has 1 aliphatic heterocycles. The number of aromatic nitrogens is 2. The number of aryl methyl sites for hydroxylation is 1. The standard InChI is InChI=1S/C28H33FN2O5/c1-17-18(2)27-22(28(34)31(16-30-27)24-9-11-36-15-26(24)33)14-20(17)12-19-7-8-21(23(29)13-19)25(32)6-4-5-10-35-3/h7-8,13-14,16,24,26,33H,4-6,9-12,15H2,1-3H3/t24-,26-/m0/s1. The smallest absolute Gasteiger partial charge is 0.261 e. The van der Waals surface area contributed by atoms with Crippen molar-refractivity contribution < 1.29 is 23.8 Å². The summed E-state index contributed by atoms with van der Waals surface area (Å²) in [5.41, 5.74) is 4.00. The van der Waals surface area contributed by atoms with Crippen molar-refractivity contribution in [3.05, 3.63) is 74.6 Å². The second-order valence-corrected chi connectivity index (χ2v) is 9.50. The minimum Gasteiger partial charge on any atom is -0.389 e. The molecule has 1 N–H and O–H groups in total. The van der Waals surface area contributed by atoms with Crippen molar-refractivity contribution in [1.82, 2.24) is 9.55 Å². The molecule has 0 amide bonds. The van der Waals surface area contributed by atoms with Crippen molar-refractivity contribution in [3.63, 3.8) is 0 Å². The van der Waals surface area contributed by atoms with Crippen LogP contribution in [0.2, 0.25) is 0 Å². The Kier molecular flexibility index (Phi) is 8.28. The number of nitrogens with zero attached hydrogens (tertiary/aromatic N) is 2. The molecule has 8 heteroatoms. The van der Waals surface area contributed by atoms with Crippen molar-refractivity contribution in [2.45, 2.75) is 58.1 Å². The number of ketones is 1. The zero-order chi connectivity index (χ0) is 25.8. The van der Waals surface area contributed by atoms with Gasteiger partial charge in [-0.1, -0.05) is 6.07 Å². The second-order valence-electron chi connectivity index (χ2n) is 9.50. The predicted molar refractivity (Wildman–Crippen MR) is 135 cm³/mol. The highest BCUT2D eigenvalue weighted by atomic mass is 19.1. The summed E-state index contributed by atoms with van der Waals surface area (Å²) in [7, 11) is 1.61. The molecular formula is C28H33FN2O5. The molecule has 0 bridgehead atoms. The minimum absolute atomic E-state index is 0.102. The summed E-state index contributed by atoms with van der Waals surface area (Å²) in [6.07, 6.45) is 3.37. The summed E-state index contributed by atoms with van der Waals surface area (Å²) in [4.78, 5) is 30.4. The Morgan fingerprint density at radius 1 is 1.25 bits per heavy atom. The molecule has 0 radical (unpaired) electrons. The Bertz CT molecular complexity index is 1320. The van der Waals surface area contributed by atoms with Gasteiger partial charge in [0.2, 0.25) is 0 Å². The van der Waals surface area contributed by atoms with E-state index in [1.807, 2.05) is 19.9 Å². The fraction of sp³-hybridized carbons (Fsp3) is 0.464. The summed E-state index contributed by atoms with van der Waals surface area (Å²) in [5.74, 6) is -0.744. The minimum atomic E-state index is -0.772. The van der Waals surface area contributed by atoms with E-state index in [1.165, 1.54) is 17.0 Å². The maximum absolute atomic E-state index is 14.8. The quantitative estimate of drug-likeness (QED) is 0.355. The number of halogens is 1. The molecule has 0 saturated carbocycles. The van der Waals surface area contributed by atoms with Gasteiger partial charge < -0.3 is 14.6 Å². The lowest BCUT2D eigenvalue weighted by Gasteiger charge is -2.29. The van der Waals surface area contributed by atoms with Crippen LogP contribution in [0.4, 0.5) is 4.39 Å². The highest BCUT2D eigenvalue weighted by molar-refractivity contribution is 5.96. The van der Waals surface area contributed by atoms with E-state index in [0.717, 1.165) is 23.1 Å². The zero-order valence-corrected chi connectivity index (χ0v) is 21.1. The van der Waals surface area contributed by atoms with Crippen LogP contribution in [0.3, 0.4) is 0 Å². The lowest BCUT2D eigenvalue weighted by molar-refractivity contribution is -0.0395. The van der Waals surface area contributed by atoms with Gasteiger partial charge in [0.25, 0.3) is 5.56 Å². The number of fused-ring (bicyclic) bond motifs is 1. The number of aliphatic hydroxyl groups excluding tert-OH is 1.